The van der Waals surface area contributed by atoms with Crippen molar-refractivity contribution in [2.24, 2.45) is 10.8 Å². The Kier molecular flexibility index (Phi) is 16.7. The van der Waals surface area contributed by atoms with Gasteiger partial charge < -0.3 is 0 Å². The van der Waals surface area contributed by atoms with Crippen LogP contribution in [0.25, 0.3) is 0 Å². The third-order valence-electron chi connectivity index (χ3n) is 9.46. The van der Waals surface area contributed by atoms with Crippen LogP contribution in [0.4, 0.5) is 26.3 Å². The van der Waals surface area contributed by atoms with Crippen LogP contribution in [0.5, 0.6) is 0 Å². The van der Waals surface area contributed by atoms with E-state index in [1.165, 1.54) is 0 Å². The average Bonchev–Trinajstić information content (AvgIpc) is 3.04. The van der Waals surface area contributed by atoms with Crippen molar-refractivity contribution in [3.05, 3.63) is 130 Å². The van der Waals surface area contributed by atoms with Crippen molar-refractivity contribution in [3.63, 3.8) is 0 Å². The predicted octanol–water partition coefficient (Wildman–Crippen LogP) is 11.2. The minimum atomic E-state index is -4.38. The van der Waals surface area contributed by atoms with E-state index in [2.05, 4.69) is 10.6 Å². The summed E-state index contributed by atoms with van der Waals surface area (Å²) < 4.78 is 76.2. The van der Waals surface area contributed by atoms with Crippen LogP contribution in [0.2, 0.25) is 0 Å². The maximum atomic E-state index is 12.8. The first-order chi connectivity index (χ1) is 24.8. The lowest BCUT2D eigenvalue weighted by molar-refractivity contribution is -0.132. The molecule has 0 fully saturated rings. The molecule has 0 aromatic rings. The maximum absolute atomic E-state index is 12.8. The lowest BCUT2D eigenvalue weighted by Gasteiger charge is -2.37. The van der Waals surface area contributed by atoms with Gasteiger partial charge in [0.15, 0.2) is 11.6 Å². The maximum Gasteiger partial charge on any atom is 0.401 e. The molecule has 54 heavy (non-hydrogen) atoms. The molecule has 296 valence electrons. The van der Waals surface area contributed by atoms with E-state index in [-0.39, 0.29) is 24.4 Å². The Hall–Kier alpha value is -4.02. The molecule has 0 aromatic heterocycles. The summed E-state index contributed by atoms with van der Waals surface area (Å²) in [5, 5.41) is 4.75. The molecule has 0 radical (unpaired) electrons. The number of allylic oxidation sites excluding steroid dienone is 20. The fourth-order valence-corrected chi connectivity index (χ4v) is 6.51. The van der Waals surface area contributed by atoms with Crippen LogP contribution in [0.15, 0.2) is 130 Å². The van der Waals surface area contributed by atoms with Gasteiger partial charge >= 0.3 is 12.4 Å². The lowest BCUT2D eigenvalue weighted by Crippen LogP contribution is -2.47. The normalized spacial score (nSPS) is 22.9. The Bertz CT molecular complexity index is 1610. The molecule has 2 unspecified atom stereocenters. The summed E-state index contributed by atoms with van der Waals surface area (Å²) >= 11 is 0. The molecule has 2 aliphatic rings. The molecule has 10 heteroatoms. The fraction of sp³-hybridized carbons (Fsp3) is 0.455. The van der Waals surface area contributed by atoms with Crippen molar-refractivity contribution in [2.45, 2.75) is 107 Å². The molecule has 4 nitrogen and oxygen atoms in total. The Morgan fingerprint density at radius 3 is 1.19 bits per heavy atom. The first-order valence-electron chi connectivity index (χ1n) is 18.0. The topological polar surface area (TPSA) is 58.2 Å². The standard InChI is InChI=1S/C44H56F6N2O2/c1-29(17-13-19-31(3)21-23-35-33(5)39(53)37(25-41(35,7)8)51-27-43(45,46)47)15-11-12-16-30(2)18-14-20-32(4)22-24-36-34(6)40(54)38(26-42(36,9)10)52-28-44(48,49)50/h11-24,37-38,51-52H,25-28H2,1-10H3/b12-11+,17-13+,18-14+,23-21+,24-22+,29-15+,30-16+,31-19+,32-20+. The summed E-state index contributed by atoms with van der Waals surface area (Å²) in [6.07, 6.45) is 18.9. The first-order valence-corrected chi connectivity index (χ1v) is 18.0. The number of carbonyl (C=O) groups excluding carboxylic acids is 2. The minimum absolute atomic E-state index is 0.282. The van der Waals surface area contributed by atoms with Crippen molar-refractivity contribution < 1.29 is 35.9 Å². The van der Waals surface area contributed by atoms with Crippen molar-refractivity contribution in [2.75, 3.05) is 13.1 Å². The average molecular weight is 759 g/mol. The second kappa shape index (κ2) is 19.5. The summed E-state index contributed by atoms with van der Waals surface area (Å²) in [4.78, 5) is 25.6. The Morgan fingerprint density at radius 2 is 0.870 bits per heavy atom. The quantitative estimate of drug-likeness (QED) is 0.137. The van der Waals surface area contributed by atoms with Crippen LogP contribution in [-0.4, -0.2) is 49.1 Å². The number of hydrogen-bond acceptors (Lipinski definition) is 4. The van der Waals surface area contributed by atoms with Crippen LogP contribution in [0.3, 0.4) is 0 Å². The zero-order valence-corrected chi connectivity index (χ0v) is 33.2. The van der Waals surface area contributed by atoms with Gasteiger partial charge in [-0.25, -0.2) is 0 Å². The number of ketones is 2. The number of alkyl halides is 6. The van der Waals surface area contributed by atoms with Crippen LogP contribution < -0.4 is 10.6 Å². The van der Waals surface area contributed by atoms with E-state index >= 15 is 0 Å². The molecule has 2 rings (SSSR count). The molecule has 0 spiro atoms. The lowest BCUT2D eigenvalue weighted by atomic mass is 9.70. The molecular formula is C44H56F6N2O2. The minimum Gasteiger partial charge on any atom is -0.299 e. The smallest absolute Gasteiger partial charge is 0.299 e. The number of Topliss-reactive ketones (excluding diaryl/α,β-unsaturated/α-hetero) is 2. The van der Waals surface area contributed by atoms with Gasteiger partial charge in [-0.1, -0.05) is 135 Å². The first kappa shape index (κ1) is 46.1. The highest BCUT2D eigenvalue weighted by molar-refractivity contribution is 6.02. The van der Waals surface area contributed by atoms with Gasteiger partial charge in [0.05, 0.1) is 25.2 Å². The van der Waals surface area contributed by atoms with Crippen molar-refractivity contribution in [1.29, 1.82) is 0 Å². The monoisotopic (exact) mass is 758 g/mol. The molecule has 2 atom stereocenters. The van der Waals surface area contributed by atoms with Crippen LogP contribution >= 0.6 is 0 Å². The van der Waals surface area contributed by atoms with Gasteiger partial charge in [-0.2, -0.15) is 26.3 Å². The largest absolute Gasteiger partial charge is 0.401 e. The van der Waals surface area contributed by atoms with Gasteiger partial charge in [-0.05, 0) is 87.5 Å². The highest BCUT2D eigenvalue weighted by Gasteiger charge is 2.41. The molecule has 0 saturated heterocycles. The zero-order valence-electron chi connectivity index (χ0n) is 33.2. The fourth-order valence-electron chi connectivity index (χ4n) is 6.51. The summed E-state index contributed by atoms with van der Waals surface area (Å²) in [7, 11) is 0. The van der Waals surface area contributed by atoms with E-state index in [1.54, 1.807) is 13.8 Å². The van der Waals surface area contributed by atoms with Crippen molar-refractivity contribution in [3.8, 4) is 0 Å². The Morgan fingerprint density at radius 1 is 0.574 bits per heavy atom. The number of hydrogen-bond donors (Lipinski definition) is 2. The van der Waals surface area contributed by atoms with Gasteiger partial charge in [-0.15, -0.1) is 0 Å². The third kappa shape index (κ3) is 15.4. The SMILES string of the molecule is CC1=C(/C=C/C(C)=C/C=C/C(C)=C/C=C/C=C(C)/C=C/C=C(C)/C=C/C2=C(C)C(=O)C(NCC(F)(F)F)CC2(C)C)C(C)(C)CC(NCC(F)(F)F)C1=O. The summed E-state index contributed by atoms with van der Waals surface area (Å²) in [5.74, 6) is -0.607. The number of carbonyl (C=O) groups is 2. The van der Waals surface area contributed by atoms with Crippen LogP contribution in [0, 0.1) is 10.8 Å². The molecule has 0 amide bonds. The van der Waals surface area contributed by atoms with E-state index in [9.17, 15) is 35.9 Å². The van der Waals surface area contributed by atoms with Gasteiger partial charge in [0.1, 0.15) is 0 Å². The molecule has 0 bridgehead atoms. The number of rotatable bonds is 14. The molecule has 0 aliphatic heterocycles. The highest BCUT2D eigenvalue weighted by Crippen LogP contribution is 2.41. The van der Waals surface area contributed by atoms with E-state index in [0.29, 0.717) is 11.1 Å². The van der Waals surface area contributed by atoms with E-state index in [1.807, 2.05) is 140 Å². The van der Waals surface area contributed by atoms with Gasteiger partial charge in [0.2, 0.25) is 0 Å². The summed E-state index contributed by atoms with van der Waals surface area (Å²) in [6.45, 7) is 16.5. The third-order valence-corrected chi connectivity index (χ3v) is 9.46. The second-order valence-electron chi connectivity index (χ2n) is 15.5. The molecular weight excluding hydrogens is 702 g/mol. The zero-order chi connectivity index (χ0) is 41.1. The second-order valence-corrected chi connectivity index (χ2v) is 15.5. The molecule has 0 saturated carbocycles. The van der Waals surface area contributed by atoms with E-state index in [0.717, 1.165) is 33.4 Å². The Labute approximate surface area is 317 Å². The van der Waals surface area contributed by atoms with Crippen molar-refractivity contribution in [1.82, 2.24) is 10.6 Å². The van der Waals surface area contributed by atoms with Crippen LogP contribution in [0.1, 0.15) is 82.1 Å². The van der Waals surface area contributed by atoms with Crippen molar-refractivity contribution >= 4 is 11.6 Å². The summed E-state index contributed by atoms with van der Waals surface area (Å²) in [5.41, 5.74) is 5.63. The summed E-state index contributed by atoms with van der Waals surface area (Å²) in [6, 6.07) is -1.72. The van der Waals surface area contributed by atoms with Gasteiger partial charge in [-0.3, -0.25) is 20.2 Å². The molecule has 0 aromatic carbocycles. The van der Waals surface area contributed by atoms with Gasteiger partial charge in [0, 0.05) is 0 Å². The van der Waals surface area contributed by atoms with E-state index < -0.39 is 48.4 Å². The Balaban J connectivity index is 1.97. The molecule has 2 aliphatic carbocycles. The highest BCUT2D eigenvalue weighted by atomic mass is 19.4. The molecule has 0 heterocycles. The van der Waals surface area contributed by atoms with E-state index in [4.69, 9.17) is 0 Å². The van der Waals surface area contributed by atoms with Crippen LogP contribution in [-0.2, 0) is 9.59 Å². The predicted molar refractivity (Wildman–Crippen MR) is 209 cm³/mol. The number of halogens is 6. The van der Waals surface area contributed by atoms with Gasteiger partial charge in [0.25, 0.3) is 0 Å². The number of nitrogens with one attached hydrogen (secondary N) is 2. The molecule has 2 N–H and O–H groups in total.